The zero-order chi connectivity index (χ0) is 16.5. The maximum absolute atomic E-state index is 5.91. The molecule has 2 aromatic carbocycles. The highest BCUT2D eigenvalue weighted by Gasteiger charge is 2.25. The van der Waals surface area contributed by atoms with Gasteiger partial charge >= 0.3 is 0 Å². The lowest BCUT2D eigenvalue weighted by Gasteiger charge is -2.21. The van der Waals surface area contributed by atoms with E-state index >= 15 is 0 Å². The second-order valence-electron chi connectivity index (χ2n) is 5.36. The summed E-state index contributed by atoms with van der Waals surface area (Å²) in [4.78, 5) is 9.00. The Labute approximate surface area is 138 Å². The largest absolute Gasteiger partial charge is 0.497 e. The van der Waals surface area contributed by atoms with Crippen molar-refractivity contribution in [1.82, 2.24) is 14.8 Å². The first-order valence-electron chi connectivity index (χ1n) is 7.51. The van der Waals surface area contributed by atoms with E-state index in [9.17, 15) is 0 Å². The van der Waals surface area contributed by atoms with Gasteiger partial charge in [-0.05, 0) is 17.7 Å². The molecular formula is C17H16N6O. The molecule has 7 heteroatoms. The van der Waals surface area contributed by atoms with E-state index in [0.717, 1.165) is 16.9 Å². The molecule has 7 nitrogen and oxygen atoms in total. The van der Waals surface area contributed by atoms with Crippen molar-refractivity contribution < 1.29 is 4.74 Å². The number of anilines is 1. The van der Waals surface area contributed by atoms with Crippen LogP contribution in [0.25, 0.3) is 11.4 Å². The number of aliphatic imine (C=N–C) groups is 1. The molecular weight excluding hydrogens is 304 g/mol. The number of nitrogens with one attached hydrogen (secondary N) is 1. The minimum absolute atomic E-state index is 0.315. The number of benzene rings is 2. The SMILES string of the molecule is COc1ccc(C2N=C(N)Nc3nc(-c4ccccc4)nn32)cc1. The number of fused-ring (bicyclic) bond motifs is 1. The molecule has 0 amide bonds. The van der Waals surface area contributed by atoms with Gasteiger partial charge in [0.15, 0.2) is 17.9 Å². The Morgan fingerprint density at radius 1 is 1.08 bits per heavy atom. The normalized spacial score (nSPS) is 16.0. The molecule has 1 aromatic heterocycles. The summed E-state index contributed by atoms with van der Waals surface area (Å²) in [6.07, 6.45) is -0.364. The Bertz CT molecular complexity index is 885. The van der Waals surface area contributed by atoms with Crippen molar-refractivity contribution in [3.63, 3.8) is 0 Å². The maximum atomic E-state index is 5.91. The van der Waals surface area contributed by atoms with Crippen LogP contribution in [0.1, 0.15) is 11.7 Å². The number of ether oxygens (including phenoxy) is 1. The monoisotopic (exact) mass is 320 g/mol. The highest BCUT2D eigenvalue weighted by molar-refractivity contribution is 5.92. The van der Waals surface area contributed by atoms with Crippen LogP contribution in [-0.2, 0) is 0 Å². The van der Waals surface area contributed by atoms with Gasteiger partial charge in [-0.1, -0.05) is 42.5 Å². The molecule has 1 unspecified atom stereocenters. The van der Waals surface area contributed by atoms with E-state index in [1.165, 1.54) is 0 Å². The van der Waals surface area contributed by atoms with Crippen LogP contribution in [-0.4, -0.2) is 27.8 Å². The number of aromatic nitrogens is 3. The van der Waals surface area contributed by atoms with Crippen LogP contribution in [0.4, 0.5) is 5.95 Å². The number of guanidine groups is 1. The number of nitrogens with two attached hydrogens (primary N) is 1. The molecule has 1 aliphatic heterocycles. The van der Waals surface area contributed by atoms with E-state index in [-0.39, 0.29) is 6.17 Å². The molecule has 0 spiro atoms. The molecule has 1 atom stereocenters. The standard InChI is InChI=1S/C17H16N6O/c1-24-13-9-7-12(8-10-13)15-20-16(18)21-17-19-14(22-23(15)17)11-5-3-2-4-6-11/h2-10,15H,1H3,(H3,18,19,20,21,22). The Morgan fingerprint density at radius 2 is 1.83 bits per heavy atom. The summed E-state index contributed by atoms with van der Waals surface area (Å²) in [6, 6.07) is 17.5. The summed E-state index contributed by atoms with van der Waals surface area (Å²) in [5, 5.41) is 7.57. The van der Waals surface area contributed by atoms with Gasteiger partial charge in [0.25, 0.3) is 0 Å². The van der Waals surface area contributed by atoms with Crippen molar-refractivity contribution in [2.24, 2.45) is 10.7 Å². The predicted octanol–water partition coefficient (Wildman–Crippen LogP) is 2.24. The van der Waals surface area contributed by atoms with Crippen LogP contribution in [0.3, 0.4) is 0 Å². The van der Waals surface area contributed by atoms with E-state index in [4.69, 9.17) is 10.5 Å². The average Bonchev–Trinajstić information content (AvgIpc) is 3.06. The lowest BCUT2D eigenvalue weighted by Crippen LogP contribution is -2.32. The second kappa shape index (κ2) is 5.69. The minimum Gasteiger partial charge on any atom is -0.497 e. The van der Waals surface area contributed by atoms with Crippen LogP contribution in [0.2, 0.25) is 0 Å². The van der Waals surface area contributed by atoms with Crippen LogP contribution >= 0.6 is 0 Å². The van der Waals surface area contributed by atoms with Gasteiger partial charge in [0, 0.05) is 5.56 Å². The molecule has 1 aliphatic rings. The van der Waals surface area contributed by atoms with Gasteiger partial charge in [0.05, 0.1) is 7.11 Å². The predicted molar refractivity (Wildman–Crippen MR) is 91.8 cm³/mol. The average molecular weight is 320 g/mol. The molecule has 24 heavy (non-hydrogen) atoms. The van der Waals surface area contributed by atoms with Crippen molar-refractivity contribution in [3.05, 3.63) is 60.2 Å². The molecule has 0 saturated heterocycles. The van der Waals surface area contributed by atoms with Crippen LogP contribution in [0, 0.1) is 0 Å². The molecule has 0 saturated carbocycles. The first-order valence-corrected chi connectivity index (χ1v) is 7.51. The molecule has 0 radical (unpaired) electrons. The first-order chi connectivity index (χ1) is 11.7. The van der Waals surface area contributed by atoms with Crippen molar-refractivity contribution in [2.75, 3.05) is 12.4 Å². The molecule has 120 valence electrons. The van der Waals surface area contributed by atoms with Crippen molar-refractivity contribution in [3.8, 4) is 17.1 Å². The van der Waals surface area contributed by atoms with Crippen LogP contribution < -0.4 is 15.8 Å². The Hall–Kier alpha value is -3.35. The van der Waals surface area contributed by atoms with Crippen molar-refractivity contribution in [2.45, 2.75) is 6.17 Å². The lowest BCUT2D eigenvalue weighted by molar-refractivity contribution is 0.414. The zero-order valence-electron chi connectivity index (χ0n) is 13.0. The Balaban J connectivity index is 1.76. The summed E-state index contributed by atoms with van der Waals surface area (Å²) >= 11 is 0. The number of nitrogens with zero attached hydrogens (tertiary/aromatic N) is 4. The van der Waals surface area contributed by atoms with Crippen LogP contribution in [0.15, 0.2) is 59.6 Å². The van der Waals surface area contributed by atoms with E-state index in [1.807, 2.05) is 54.6 Å². The summed E-state index contributed by atoms with van der Waals surface area (Å²) in [5.74, 6) is 2.30. The molecule has 4 rings (SSSR count). The summed E-state index contributed by atoms with van der Waals surface area (Å²) in [6.45, 7) is 0. The lowest BCUT2D eigenvalue weighted by atomic mass is 10.1. The molecule has 0 fully saturated rings. The highest BCUT2D eigenvalue weighted by Crippen LogP contribution is 2.29. The number of hydrogen-bond donors (Lipinski definition) is 2. The Morgan fingerprint density at radius 3 is 2.54 bits per heavy atom. The van der Waals surface area contributed by atoms with Gasteiger partial charge in [-0.25, -0.2) is 9.67 Å². The van der Waals surface area contributed by atoms with Gasteiger partial charge in [0.1, 0.15) is 5.75 Å². The molecule has 3 aromatic rings. The van der Waals surface area contributed by atoms with E-state index in [2.05, 4.69) is 20.4 Å². The fourth-order valence-electron chi connectivity index (χ4n) is 2.61. The number of rotatable bonds is 3. The van der Waals surface area contributed by atoms with E-state index < -0.39 is 0 Å². The first kappa shape index (κ1) is 14.3. The minimum atomic E-state index is -0.364. The summed E-state index contributed by atoms with van der Waals surface area (Å²) < 4.78 is 6.94. The van der Waals surface area contributed by atoms with Gasteiger partial charge in [-0.15, -0.1) is 5.10 Å². The molecule has 2 heterocycles. The quantitative estimate of drug-likeness (QED) is 0.772. The third-order valence-electron chi connectivity index (χ3n) is 3.81. The van der Waals surface area contributed by atoms with Crippen LogP contribution in [0.5, 0.6) is 5.75 Å². The second-order valence-corrected chi connectivity index (χ2v) is 5.36. The van der Waals surface area contributed by atoms with Gasteiger partial charge in [0.2, 0.25) is 5.95 Å². The number of methoxy groups -OCH3 is 1. The summed E-state index contributed by atoms with van der Waals surface area (Å²) in [7, 11) is 1.64. The van der Waals surface area contributed by atoms with Gasteiger partial charge < -0.3 is 10.5 Å². The van der Waals surface area contributed by atoms with Crippen molar-refractivity contribution in [1.29, 1.82) is 0 Å². The third-order valence-corrected chi connectivity index (χ3v) is 3.81. The Kier molecular flexibility index (Phi) is 3.38. The summed E-state index contributed by atoms with van der Waals surface area (Å²) in [5.41, 5.74) is 7.80. The third kappa shape index (κ3) is 2.45. The van der Waals surface area contributed by atoms with E-state index in [1.54, 1.807) is 11.8 Å². The fraction of sp³-hybridized carbons (Fsp3) is 0.118. The van der Waals surface area contributed by atoms with Gasteiger partial charge in [-0.2, -0.15) is 4.98 Å². The molecule has 3 N–H and O–H groups in total. The molecule has 0 bridgehead atoms. The number of hydrogen-bond acceptors (Lipinski definition) is 6. The van der Waals surface area contributed by atoms with Crippen molar-refractivity contribution >= 4 is 11.9 Å². The maximum Gasteiger partial charge on any atom is 0.230 e. The zero-order valence-corrected chi connectivity index (χ0v) is 13.0. The topological polar surface area (TPSA) is 90.3 Å². The van der Waals surface area contributed by atoms with Gasteiger partial charge in [-0.3, -0.25) is 5.32 Å². The molecule has 0 aliphatic carbocycles. The highest BCUT2D eigenvalue weighted by atomic mass is 16.5. The fourth-order valence-corrected chi connectivity index (χ4v) is 2.61. The smallest absolute Gasteiger partial charge is 0.230 e. The van der Waals surface area contributed by atoms with E-state index in [0.29, 0.717) is 17.7 Å².